The number of nitro groups is 1. The minimum Gasteiger partial charge on any atom is -0.507 e. The molecule has 0 amide bonds. The Bertz CT molecular complexity index is 471. The molecule has 0 aromatic heterocycles. The van der Waals surface area contributed by atoms with Crippen LogP contribution in [0.3, 0.4) is 0 Å². The maximum absolute atomic E-state index is 11.0. The molecule has 0 saturated carbocycles. The number of aliphatic hydroxyl groups excluding tert-OH is 1. The number of aliphatic hydroxyl groups is 1. The van der Waals surface area contributed by atoms with Crippen molar-refractivity contribution >= 4 is 5.69 Å². The molecule has 0 aliphatic heterocycles. The lowest BCUT2D eigenvalue weighted by Crippen LogP contribution is -2.33. The van der Waals surface area contributed by atoms with E-state index in [0.29, 0.717) is 5.56 Å². The Balaban J connectivity index is 3.46. The van der Waals surface area contributed by atoms with Crippen LogP contribution in [-0.2, 0) is 0 Å². The van der Waals surface area contributed by atoms with Gasteiger partial charge in [0.25, 0.3) is 5.69 Å². The van der Waals surface area contributed by atoms with Crippen LogP contribution in [0.2, 0.25) is 0 Å². The number of nitrogens with zero attached hydrogens (tertiary/aromatic N) is 1. The molecular formula is C12H18N2O4. The largest absolute Gasteiger partial charge is 0.507 e. The highest BCUT2D eigenvalue weighted by molar-refractivity contribution is 5.54. The van der Waals surface area contributed by atoms with Gasteiger partial charge < -0.3 is 15.9 Å². The number of aromatic hydroxyl groups is 1. The second kappa shape index (κ2) is 4.91. The van der Waals surface area contributed by atoms with Gasteiger partial charge in [-0.2, -0.15) is 0 Å². The van der Waals surface area contributed by atoms with Gasteiger partial charge in [-0.05, 0) is 18.6 Å². The fourth-order valence-electron chi connectivity index (χ4n) is 1.66. The highest BCUT2D eigenvalue weighted by atomic mass is 16.6. The third kappa shape index (κ3) is 2.44. The first-order valence-corrected chi connectivity index (χ1v) is 5.55. The molecule has 0 saturated heterocycles. The van der Waals surface area contributed by atoms with Gasteiger partial charge in [-0.3, -0.25) is 10.1 Å². The molecule has 0 aliphatic carbocycles. The Labute approximate surface area is 105 Å². The van der Waals surface area contributed by atoms with Crippen LogP contribution in [0.5, 0.6) is 5.75 Å². The quantitative estimate of drug-likeness (QED) is 0.558. The van der Waals surface area contributed by atoms with Gasteiger partial charge in [-0.25, -0.2) is 0 Å². The second-order valence-electron chi connectivity index (χ2n) is 5.05. The molecule has 0 radical (unpaired) electrons. The van der Waals surface area contributed by atoms with E-state index in [-0.39, 0.29) is 23.6 Å². The fourth-order valence-corrected chi connectivity index (χ4v) is 1.66. The Morgan fingerprint density at radius 1 is 1.50 bits per heavy atom. The zero-order chi connectivity index (χ0) is 14.1. The summed E-state index contributed by atoms with van der Waals surface area (Å²) in [4.78, 5) is 10.4. The summed E-state index contributed by atoms with van der Waals surface area (Å²) in [5.41, 5.74) is 5.55. The van der Waals surface area contributed by atoms with E-state index < -0.39 is 16.4 Å². The van der Waals surface area contributed by atoms with Crippen LogP contribution in [0.4, 0.5) is 5.69 Å². The number of hydrogen-bond donors (Lipinski definition) is 3. The smallest absolute Gasteiger partial charge is 0.277 e. The molecule has 1 aromatic carbocycles. The maximum atomic E-state index is 11.0. The normalized spacial score (nSPS) is 13.4. The van der Waals surface area contributed by atoms with Crippen LogP contribution in [0.15, 0.2) is 12.1 Å². The van der Waals surface area contributed by atoms with E-state index in [4.69, 9.17) is 5.73 Å². The number of nitro benzene ring substituents is 1. The summed E-state index contributed by atoms with van der Waals surface area (Å²) >= 11 is 0. The van der Waals surface area contributed by atoms with Crippen molar-refractivity contribution in [3.8, 4) is 5.75 Å². The third-order valence-electron chi connectivity index (χ3n) is 3.15. The van der Waals surface area contributed by atoms with Gasteiger partial charge in [-0.1, -0.05) is 13.8 Å². The fraction of sp³-hybridized carbons (Fsp3) is 0.500. The first-order valence-electron chi connectivity index (χ1n) is 5.55. The van der Waals surface area contributed by atoms with Crippen LogP contribution in [0.25, 0.3) is 0 Å². The van der Waals surface area contributed by atoms with E-state index in [1.165, 1.54) is 12.1 Å². The molecule has 1 aromatic rings. The van der Waals surface area contributed by atoms with Gasteiger partial charge in [0, 0.05) is 24.1 Å². The zero-order valence-corrected chi connectivity index (χ0v) is 10.7. The molecule has 100 valence electrons. The van der Waals surface area contributed by atoms with Gasteiger partial charge in [-0.15, -0.1) is 0 Å². The molecule has 6 nitrogen and oxygen atoms in total. The van der Waals surface area contributed by atoms with Crippen molar-refractivity contribution in [3.63, 3.8) is 0 Å². The zero-order valence-electron chi connectivity index (χ0n) is 10.7. The summed E-state index contributed by atoms with van der Waals surface area (Å²) in [6.07, 6.45) is 0. The second-order valence-corrected chi connectivity index (χ2v) is 5.05. The Kier molecular flexibility index (Phi) is 3.93. The molecule has 1 rings (SSSR count). The van der Waals surface area contributed by atoms with E-state index in [0.717, 1.165) is 0 Å². The maximum Gasteiger partial charge on any atom is 0.277 e. The lowest BCUT2D eigenvalue weighted by molar-refractivity contribution is -0.386. The molecule has 0 aliphatic rings. The van der Waals surface area contributed by atoms with Crippen molar-refractivity contribution in [2.24, 2.45) is 11.1 Å². The summed E-state index contributed by atoms with van der Waals surface area (Å²) < 4.78 is 0. The van der Waals surface area contributed by atoms with Gasteiger partial charge in [0.2, 0.25) is 0 Å². The number of phenolic OH excluding ortho intramolecular Hbond substituents is 1. The third-order valence-corrected chi connectivity index (χ3v) is 3.15. The molecule has 0 heterocycles. The lowest BCUT2D eigenvalue weighted by atomic mass is 9.80. The molecular weight excluding hydrogens is 236 g/mol. The molecule has 0 spiro atoms. The molecule has 1 atom stereocenters. The summed E-state index contributed by atoms with van der Waals surface area (Å²) in [6.45, 7) is 4.77. The van der Waals surface area contributed by atoms with Gasteiger partial charge in [0.15, 0.2) is 0 Å². The van der Waals surface area contributed by atoms with Crippen molar-refractivity contribution in [2.75, 3.05) is 6.61 Å². The monoisotopic (exact) mass is 254 g/mol. The number of nitrogens with two attached hydrogens (primary N) is 1. The summed E-state index contributed by atoms with van der Waals surface area (Å²) in [6, 6.07) is 1.95. The number of phenols is 1. The van der Waals surface area contributed by atoms with Crippen molar-refractivity contribution in [3.05, 3.63) is 33.4 Å². The van der Waals surface area contributed by atoms with Gasteiger partial charge >= 0.3 is 0 Å². The van der Waals surface area contributed by atoms with Gasteiger partial charge in [0.05, 0.1) is 10.5 Å². The Morgan fingerprint density at radius 2 is 2.06 bits per heavy atom. The van der Waals surface area contributed by atoms with E-state index in [1.807, 2.05) is 0 Å². The minimum atomic E-state index is -0.831. The highest BCUT2D eigenvalue weighted by Crippen LogP contribution is 2.41. The van der Waals surface area contributed by atoms with Crippen LogP contribution in [0.1, 0.15) is 31.0 Å². The Morgan fingerprint density at radius 3 is 2.50 bits per heavy atom. The summed E-state index contributed by atoms with van der Waals surface area (Å²) in [7, 11) is 0. The van der Waals surface area contributed by atoms with Crippen LogP contribution in [0, 0.1) is 22.5 Å². The number of benzene rings is 1. The Hall–Kier alpha value is -1.66. The number of aryl methyl sites for hydroxylation is 1. The number of rotatable bonds is 4. The van der Waals surface area contributed by atoms with Crippen molar-refractivity contribution in [1.29, 1.82) is 0 Å². The predicted molar refractivity (Wildman–Crippen MR) is 67.3 cm³/mol. The van der Waals surface area contributed by atoms with E-state index >= 15 is 0 Å². The molecule has 6 heteroatoms. The van der Waals surface area contributed by atoms with E-state index in [2.05, 4.69) is 0 Å². The summed E-state index contributed by atoms with van der Waals surface area (Å²) in [5.74, 6) is -0.182. The topological polar surface area (TPSA) is 110 Å². The molecule has 0 fully saturated rings. The SMILES string of the molecule is Cc1ccc([N+](=O)[O-])c([C@H](N)C(C)(C)CO)c1O. The molecule has 18 heavy (non-hydrogen) atoms. The predicted octanol–water partition coefficient (Wildman–Crippen LogP) is 1.63. The van der Waals surface area contributed by atoms with Crippen molar-refractivity contribution < 1.29 is 15.1 Å². The highest BCUT2D eigenvalue weighted by Gasteiger charge is 2.34. The van der Waals surface area contributed by atoms with Gasteiger partial charge in [0.1, 0.15) is 5.75 Å². The van der Waals surface area contributed by atoms with E-state index in [1.54, 1.807) is 20.8 Å². The number of hydrogen-bond acceptors (Lipinski definition) is 5. The molecule has 0 unspecified atom stereocenters. The minimum absolute atomic E-state index is 0.0686. The lowest BCUT2D eigenvalue weighted by Gasteiger charge is -2.30. The van der Waals surface area contributed by atoms with Crippen LogP contribution >= 0.6 is 0 Å². The standard InChI is InChI=1S/C12H18N2O4/c1-7-4-5-8(14(17)18)9(10(7)16)11(13)12(2,3)6-15/h4-5,11,15-16H,6,13H2,1-3H3/t11-/m0/s1. The molecule has 0 bridgehead atoms. The first-order chi connectivity index (χ1) is 8.22. The van der Waals surface area contributed by atoms with Crippen molar-refractivity contribution in [2.45, 2.75) is 26.8 Å². The van der Waals surface area contributed by atoms with E-state index in [9.17, 15) is 20.3 Å². The summed E-state index contributed by atoms with van der Waals surface area (Å²) in [5, 5.41) is 30.3. The average Bonchev–Trinajstić information content (AvgIpc) is 2.31. The van der Waals surface area contributed by atoms with Crippen LogP contribution in [-0.4, -0.2) is 21.7 Å². The first kappa shape index (κ1) is 14.4. The van der Waals surface area contributed by atoms with Crippen LogP contribution < -0.4 is 5.73 Å². The van der Waals surface area contributed by atoms with Crippen molar-refractivity contribution in [1.82, 2.24) is 0 Å². The molecule has 4 N–H and O–H groups in total. The average molecular weight is 254 g/mol.